The number of rotatable bonds is 3. The molecule has 2 rings (SSSR count). The van der Waals surface area contributed by atoms with Gasteiger partial charge >= 0.3 is 0 Å². The summed E-state index contributed by atoms with van der Waals surface area (Å²) in [5.41, 5.74) is 3.39. The van der Waals surface area contributed by atoms with E-state index in [-0.39, 0.29) is 0 Å². The van der Waals surface area contributed by atoms with Crippen LogP contribution in [0.3, 0.4) is 0 Å². The maximum Gasteiger partial charge on any atom is 0.145 e. The fourth-order valence-electron chi connectivity index (χ4n) is 1.69. The molecule has 1 saturated carbocycles. The summed E-state index contributed by atoms with van der Waals surface area (Å²) in [4.78, 5) is 10.5. The summed E-state index contributed by atoms with van der Waals surface area (Å²) in [5, 5.41) is 0. The zero-order valence-electron chi connectivity index (χ0n) is 8.36. The molecule has 1 aromatic rings. The Balaban J connectivity index is 2.36. The van der Waals surface area contributed by atoms with Crippen LogP contribution < -0.4 is 0 Å². The highest BCUT2D eigenvalue weighted by Crippen LogP contribution is 2.41. The van der Waals surface area contributed by atoms with Crippen LogP contribution in [-0.2, 0) is 4.79 Å². The summed E-state index contributed by atoms with van der Waals surface area (Å²) in [6.45, 7) is 1.84. The molecule has 0 saturated heterocycles. The minimum atomic E-state index is 0.738. The second-order valence-corrected chi connectivity index (χ2v) is 3.91. The van der Waals surface area contributed by atoms with Gasteiger partial charge in [0.2, 0.25) is 0 Å². The molecule has 1 aliphatic rings. The Morgan fingerprint density at radius 1 is 1.36 bits per heavy atom. The van der Waals surface area contributed by atoms with Gasteiger partial charge in [0.1, 0.15) is 6.29 Å². The summed E-state index contributed by atoms with van der Waals surface area (Å²) in [6, 6.07) is 8.35. The molecule has 0 aromatic heterocycles. The molecule has 0 atom stereocenters. The Morgan fingerprint density at radius 3 is 2.71 bits per heavy atom. The van der Waals surface area contributed by atoms with Crippen LogP contribution in [-0.4, -0.2) is 6.29 Å². The van der Waals surface area contributed by atoms with Crippen LogP contribution in [0, 0.1) is 0 Å². The van der Waals surface area contributed by atoms with Gasteiger partial charge in [-0.15, -0.1) is 0 Å². The maximum atomic E-state index is 10.5. The molecule has 0 heterocycles. The monoisotopic (exact) mass is 186 g/mol. The number of carbonyl (C=O) groups excluding carboxylic acids is 1. The van der Waals surface area contributed by atoms with Crippen LogP contribution in [0.2, 0.25) is 0 Å². The predicted molar refractivity (Wildman–Crippen MR) is 58.1 cm³/mol. The molecule has 0 radical (unpaired) electrons. The summed E-state index contributed by atoms with van der Waals surface area (Å²) in [7, 11) is 0. The van der Waals surface area contributed by atoms with Gasteiger partial charge in [-0.1, -0.05) is 24.3 Å². The van der Waals surface area contributed by atoms with E-state index in [0.717, 1.165) is 17.8 Å². The molecule has 0 N–H and O–H groups in total. The molecule has 1 nitrogen and oxygen atoms in total. The molecule has 14 heavy (non-hydrogen) atoms. The van der Waals surface area contributed by atoms with Crippen molar-refractivity contribution >= 4 is 12.4 Å². The number of benzene rings is 1. The minimum absolute atomic E-state index is 0.738. The molecule has 1 heteroatoms. The van der Waals surface area contributed by atoms with Crippen molar-refractivity contribution in [2.24, 2.45) is 0 Å². The van der Waals surface area contributed by atoms with E-state index in [0.29, 0.717) is 0 Å². The first-order chi connectivity index (χ1) is 6.81. The van der Waals surface area contributed by atoms with E-state index in [4.69, 9.17) is 0 Å². The summed E-state index contributed by atoms with van der Waals surface area (Å²) >= 11 is 0. The molecular formula is C13H14O. The van der Waals surface area contributed by atoms with E-state index in [1.807, 2.05) is 19.1 Å². The first kappa shape index (κ1) is 9.20. The average Bonchev–Trinajstić information content (AvgIpc) is 3.02. The highest BCUT2D eigenvalue weighted by molar-refractivity contribution is 5.81. The van der Waals surface area contributed by atoms with E-state index < -0.39 is 0 Å². The molecule has 72 valence electrons. The van der Waals surface area contributed by atoms with Gasteiger partial charge in [-0.2, -0.15) is 0 Å². The number of aldehydes is 1. The smallest absolute Gasteiger partial charge is 0.145 e. The molecule has 1 aromatic carbocycles. The third kappa shape index (κ3) is 1.92. The summed E-state index contributed by atoms with van der Waals surface area (Å²) in [5.74, 6) is 0.738. The van der Waals surface area contributed by atoms with Gasteiger partial charge in [-0.25, -0.2) is 0 Å². The zero-order chi connectivity index (χ0) is 9.97. The minimum Gasteiger partial charge on any atom is -0.298 e. The summed E-state index contributed by atoms with van der Waals surface area (Å²) < 4.78 is 0. The van der Waals surface area contributed by atoms with Gasteiger partial charge in [-0.3, -0.25) is 4.79 Å². The average molecular weight is 186 g/mol. The number of hydrogen-bond donors (Lipinski definition) is 0. The van der Waals surface area contributed by atoms with Gasteiger partial charge in [0.05, 0.1) is 0 Å². The number of allylic oxidation sites excluding steroid dienone is 1. The SMILES string of the molecule is C/C(C=O)=C/c1ccccc1C1CC1. The highest BCUT2D eigenvalue weighted by atomic mass is 16.1. The molecule has 0 spiro atoms. The quantitative estimate of drug-likeness (QED) is 0.523. The lowest BCUT2D eigenvalue weighted by atomic mass is 10.0. The third-order valence-electron chi connectivity index (χ3n) is 2.58. The Labute approximate surface area is 84.5 Å². The lowest BCUT2D eigenvalue weighted by Gasteiger charge is -2.03. The van der Waals surface area contributed by atoms with Crippen LogP contribution in [0.4, 0.5) is 0 Å². The van der Waals surface area contributed by atoms with E-state index in [2.05, 4.69) is 18.2 Å². The largest absolute Gasteiger partial charge is 0.298 e. The molecule has 1 aliphatic carbocycles. The van der Waals surface area contributed by atoms with Gasteiger partial charge in [-0.05, 0) is 48.5 Å². The van der Waals surface area contributed by atoms with Gasteiger partial charge in [0.25, 0.3) is 0 Å². The van der Waals surface area contributed by atoms with Crippen molar-refractivity contribution in [3.63, 3.8) is 0 Å². The lowest BCUT2D eigenvalue weighted by molar-refractivity contribution is -0.104. The number of carbonyl (C=O) groups is 1. The van der Waals surface area contributed by atoms with Crippen LogP contribution >= 0.6 is 0 Å². The van der Waals surface area contributed by atoms with Crippen LogP contribution in [0.25, 0.3) is 6.08 Å². The van der Waals surface area contributed by atoms with Crippen molar-refractivity contribution in [3.05, 3.63) is 41.0 Å². The van der Waals surface area contributed by atoms with E-state index in [9.17, 15) is 4.79 Å². The number of hydrogen-bond acceptors (Lipinski definition) is 1. The first-order valence-electron chi connectivity index (χ1n) is 5.03. The highest BCUT2D eigenvalue weighted by Gasteiger charge is 2.24. The molecule has 0 amide bonds. The maximum absolute atomic E-state index is 10.5. The predicted octanol–water partition coefficient (Wildman–Crippen LogP) is 3.17. The van der Waals surface area contributed by atoms with Crippen molar-refractivity contribution in [2.75, 3.05) is 0 Å². The van der Waals surface area contributed by atoms with Crippen molar-refractivity contribution in [1.29, 1.82) is 0 Å². The van der Waals surface area contributed by atoms with Gasteiger partial charge < -0.3 is 0 Å². The molecule has 0 bridgehead atoms. The van der Waals surface area contributed by atoms with Crippen molar-refractivity contribution in [3.8, 4) is 0 Å². The van der Waals surface area contributed by atoms with Crippen LogP contribution in [0.1, 0.15) is 36.8 Å². The molecule has 1 fully saturated rings. The first-order valence-corrected chi connectivity index (χ1v) is 5.03. The second-order valence-electron chi connectivity index (χ2n) is 3.91. The molecule has 0 aliphatic heterocycles. The lowest BCUT2D eigenvalue weighted by Crippen LogP contribution is -1.86. The van der Waals surface area contributed by atoms with E-state index in [1.165, 1.54) is 24.0 Å². The summed E-state index contributed by atoms with van der Waals surface area (Å²) in [6.07, 6.45) is 5.47. The zero-order valence-corrected chi connectivity index (χ0v) is 8.36. The van der Waals surface area contributed by atoms with Crippen LogP contribution in [0.5, 0.6) is 0 Å². The van der Waals surface area contributed by atoms with Gasteiger partial charge in [0.15, 0.2) is 0 Å². The Bertz CT molecular complexity index is 373. The van der Waals surface area contributed by atoms with Crippen molar-refractivity contribution in [2.45, 2.75) is 25.7 Å². The molecule has 0 unspecified atom stereocenters. The standard InChI is InChI=1S/C13H14O/c1-10(9-14)8-12-4-2-3-5-13(12)11-6-7-11/h2-5,8-9,11H,6-7H2,1H3/b10-8-. The van der Waals surface area contributed by atoms with E-state index in [1.54, 1.807) is 0 Å². The van der Waals surface area contributed by atoms with Crippen molar-refractivity contribution < 1.29 is 4.79 Å². The Morgan fingerprint density at radius 2 is 2.07 bits per heavy atom. The second kappa shape index (κ2) is 3.79. The van der Waals surface area contributed by atoms with Crippen LogP contribution in [0.15, 0.2) is 29.8 Å². The Kier molecular flexibility index (Phi) is 2.49. The van der Waals surface area contributed by atoms with Gasteiger partial charge in [0, 0.05) is 0 Å². The van der Waals surface area contributed by atoms with E-state index >= 15 is 0 Å². The fourth-order valence-corrected chi connectivity index (χ4v) is 1.69. The molecular weight excluding hydrogens is 172 g/mol. The normalized spacial score (nSPS) is 16.8. The third-order valence-corrected chi connectivity index (χ3v) is 2.58. The Hall–Kier alpha value is -1.37. The fraction of sp³-hybridized carbons (Fsp3) is 0.308. The van der Waals surface area contributed by atoms with Crippen molar-refractivity contribution in [1.82, 2.24) is 0 Å². The topological polar surface area (TPSA) is 17.1 Å².